The molecular weight excluding hydrogens is 418 g/mol. The summed E-state index contributed by atoms with van der Waals surface area (Å²) in [4.78, 5) is 24.4. The van der Waals surface area contributed by atoms with Gasteiger partial charge in [0.05, 0.1) is 16.5 Å². The molecule has 0 bridgehead atoms. The smallest absolute Gasteiger partial charge is 0.262 e. The van der Waals surface area contributed by atoms with Crippen LogP contribution in [-0.2, 0) is 26.0 Å². The molecule has 2 amide bonds. The molecule has 0 radical (unpaired) electrons. The van der Waals surface area contributed by atoms with Crippen molar-refractivity contribution in [1.29, 1.82) is 0 Å². The Kier molecular flexibility index (Phi) is 5.97. The first-order valence-corrected chi connectivity index (χ1v) is 11.8. The number of carbonyl (C=O) groups excluding carboxylic acids is 2. The van der Waals surface area contributed by atoms with E-state index >= 15 is 0 Å². The van der Waals surface area contributed by atoms with Gasteiger partial charge in [-0.3, -0.25) is 9.59 Å². The van der Waals surface area contributed by atoms with Crippen molar-refractivity contribution < 1.29 is 22.7 Å². The van der Waals surface area contributed by atoms with Crippen LogP contribution in [0.15, 0.2) is 47.4 Å². The van der Waals surface area contributed by atoms with Crippen LogP contribution in [0.3, 0.4) is 0 Å². The second kappa shape index (κ2) is 8.68. The van der Waals surface area contributed by atoms with Gasteiger partial charge in [-0.25, -0.2) is 8.42 Å². The number of amides is 2. The number of piperidine rings is 1. The maximum absolute atomic E-state index is 13.2. The van der Waals surface area contributed by atoms with Crippen molar-refractivity contribution in [2.24, 2.45) is 5.92 Å². The van der Waals surface area contributed by atoms with Crippen molar-refractivity contribution in [1.82, 2.24) is 4.31 Å². The molecule has 164 valence electrons. The predicted molar refractivity (Wildman–Crippen MR) is 116 cm³/mol. The van der Waals surface area contributed by atoms with Crippen LogP contribution in [0.5, 0.6) is 5.75 Å². The summed E-state index contributed by atoms with van der Waals surface area (Å²) in [6.07, 6.45) is 2.14. The first kappa shape index (κ1) is 21.3. The molecule has 2 N–H and O–H groups in total. The van der Waals surface area contributed by atoms with Crippen molar-refractivity contribution in [2.45, 2.75) is 31.1 Å². The van der Waals surface area contributed by atoms with Crippen molar-refractivity contribution in [2.75, 3.05) is 30.3 Å². The fourth-order valence-electron chi connectivity index (χ4n) is 3.81. The van der Waals surface area contributed by atoms with E-state index in [1.165, 1.54) is 28.1 Å². The third kappa shape index (κ3) is 4.57. The van der Waals surface area contributed by atoms with E-state index in [1.54, 1.807) is 0 Å². The molecule has 0 aromatic heterocycles. The first-order chi connectivity index (χ1) is 14.9. The van der Waals surface area contributed by atoms with E-state index in [4.69, 9.17) is 4.74 Å². The molecule has 2 aromatic rings. The summed E-state index contributed by atoms with van der Waals surface area (Å²) in [7, 11) is -3.81. The molecule has 0 aliphatic carbocycles. The third-order valence-electron chi connectivity index (χ3n) is 5.61. The summed E-state index contributed by atoms with van der Waals surface area (Å²) in [5.74, 6) is -0.516. The van der Waals surface area contributed by atoms with Crippen molar-refractivity contribution in [3.63, 3.8) is 0 Å². The Hall–Kier alpha value is -2.91. The van der Waals surface area contributed by atoms with Crippen LogP contribution in [0.4, 0.5) is 11.4 Å². The monoisotopic (exact) mass is 443 g/mol. The maximum Gasteiger partial charge on any atom is 0.262 e. The molecule has 2 aliphatic rings. The van der Waals surface area contributed by atoms with Gasteiger partial charge in [0.1, 0.15) is 5.75 Å². The highest BCUT2D eigenvalue weighted by Crippen LogP contribution is 2.32. The number of hydrogen-bond acceptors (Lipinski definition) is 5. The molecule has 1 atom stereocenters. The van der Waals surface area contributed by atoms with Crippen LogP contribution in [0.1, 0.15) is 25.3 Å². The Morgan fingerprint density at radius 3 is 2.74 bits per heavy atom. The molecule has 9 heteroatoms. The SMILES string of the molecule is CCc1ccc(NC(=O)[C@H]2CCCN(S(=O)(=O)c3ccc4c(c3)NC(=O)CO4)C2)cc1. The number of rotatable bonds is 5. The normalized spacial score (nSPS) is 19.1. The minimum absolute atomic E-state index is 0.0632. The number of fused-ring (bicyclic) bond motifs is 1. The number of sulfonamides is 1. The van der Waals surface area contributed by atoms with Crippen LogP contribution in [-0.4, -0.2) is 44.2 Å². The summed E-state index contributed by atoms with van der Waals surface area (Å²) in [6.45, 7) is 2.43. The second-order valence-electron chi connectivity index (χ2n) is 7.74. The highest BCUT2D eigenvalue weighted by Gasteiger charge is 2.34. The molecule has 1 fully saturated rings. The van der Waals surface area contributed by atoms with E-state index in [-0.39, 0.29) is 29.9 Å². The first-order valence-electron chi connectivity index (χ1n) is 10.3. The van der Waals surface area contributed by atoms with Gasteiger partial charge in [-0.15, -0.1) is 0 Å². The topological polar surface area (TPSA) is 105 Å². The molecule has 1 saturated heterocycles. The second-order valence-corrected chi connectivity index (χ2v) is 9.67. The number of anilines is 2. The number of ether oxygens (including phenoxy) is 1. The molecule has 2 aromatic carbocycles. The largest absolute Gasteiger partial charge is 0.482 e. The van der Waals surface area contributed by atoms with Gasteiger partial charge in [0.25, 0.3) is 5.91 Å². The number of nitrogens with zero attached hydrogens (tertiary/aromatic N) is 1. The molecule has 0 saturated carbocycles. The maximum atomic E-state index is 13.2. The molecule has 0 unspecified atom stereocenters. The van der Waals surface area contributed by atoms with Gasteiger partial charge in [-0.2, -0.15) is 4.31 Å². The molecule has 8 nitrogen and oxygen atoms in total. The molecule has 2 aliphatic heterocycles. The van der Waals surface area contributed by atoms with E-state index < -0.39 is 15.9 Å². The minimum atomic E-state index is -3.81. The lowest BCUT2D eigenvalue weighted by molar-refractivity contribution is -0.121. The van der Waals surface area contributed by atoms with Crippen LogP contribution < -0.4 is 15.4 Å². The van der Waals surface area contributed by atoms with Crippen LogP contribution in [0.2, 0.25) is 0 Å². The van der Waals surface area contributed by atoms with Crippen molar-refractivity contribution in [3.05, 3.63) is 48.0 Å². The van der Waals surface area contributed by atoms with E-state index in [1.807, 2.05) is 24.3 Å². The van der Waals surface area contributed by atoms with Gasteiger partial charge in [-0.05, 0) is 55.2 Å². The van der Waals surface area contributed by atoms with Crippen LogP contribution >= 0.6 is 0 Å². The molecule has 2 heterocycles. The molecule has 0 spiro atoms. The highest BCUT2D eigenvalue weighted by molar-refractivity contribution is 7.89. The Bertz CT molecular complexity index is 1100. The summed E-state index contributed by atoms with van der Waals surface area (Å²) >= 11 is 0. The third-order valence-corrected chi connectivity index (χ3v) is 7.47. The standard InChI is InChI=1S/C22H25N3O5S/c1-2-15-5-7-17(8-6-15)23-22(27)16-4-3-11-25(13-16)31(28,29)18-9-10-20-19(12-18)24-21(26)14-30-20/h5-10,12,16H,2-4,11,13-14H2,1H3,(H,23,27)(H,24,26)/t16-/m0/s1. The number of hydrogen-bond donors (Lipinski definition) is 2. The van der Waals surface area contributed by atoms with Crippen LogP contribution in [0, 0.1) is 5.92 Å². The van der Waals surface area contributed by atoms with Gasteiger partial charge >= 0.3 is 0 Å². The fourth-order valence-corrected chi connectivity index (χ4v) is 5.37. The Morgan fingerprint density at radius 1 is 1.23 bits per heavy atom. The van der Waals surface area contributed by atoms with E-state index in [0.717, 1.165) is 6.42 Å². The molecule has 4 rings (SSSR count). The van der Waals surface area contributed by atoms with E-state index in [2.05, 4.69) is 17.6 Å². The van der Waals surface area contributed by atoms with Gasteiger partial charge in [0, 0.05) is 18.8 Å². The lowest BCUT2D eigenvalue weighted by Gasteiger charge is -2.31. The zero-order chi connectivity index (χ0) is 22.0. The van der Waals surface area contributed by atoms with Crippen molar-refractivity contribution in [3.8, 4) is 5.75 Å². The van der Waals surface area contributed by atoms with E-state index in [9.17, 15) is 18.0 Å². The zero-order valence-corrected chi connectivity index (χ0v) is 18.1. The average molecular weight is 444 g/mol. The summed E-state index contributed by atoms with van der Waals surface area (Å²) in [6, 6.07) is 12.0. The summed E-state index contributed by atoms with van der Waals surface area (Å²) in [5, 5.41) is 5.52. The fraction of sp³-hybridized carbons (Fsp3) is 0.364. The zero-order valence-electron chi connectivity index (χ0n) is 17.3. The number of nitrogens with one attached hydrogen (secondary N) is 2. The lowest BCUT2D eigenvalue weighted by Crippen LogP contribution is -2.43. The number of carbonyl (C=O) groups is 2. The Morgan fingerprint density at radius 2 is 2.00 bits per heavy atom. The summed E-state index contributed by atoms with van der Waals surface area (Å²) < 4.78 is 33.0. The summed E-state index contributed by atoms with van der Waals surface area (Å²) in [5.41, 5.74) is 2.21. The minimum Gasteiger partial charge on any atom is -0.482 e. The Balaban J connectivity index is 1.47. The van der Waals surface area contributed by atoms with Gasteiger partial charge < -0.3 is 15.4 Å². The molecular formula is C22H25N3O5S. The predicted octanol–water partition coefficient (Wildman–Crippen LogP) is 2.62. The quantitative estimate of drug-likeness (QED) is 0.739. The lowest BCUT2D eigenvalue weighted by atomic mass is 9.98. The Labute approximate surface area is 181 Å². The van der Waals surface area contributed by atoms with Gasteiger partial charge in [0.2, 0.25) is 15.9 Å². The highest BCUT2D eigenvalue weighted by atomic mass is 32.2. The van der Waals surface area contributed by atoms with Gasteiger partial charge in [-0.1, -0.05) is 19.1 Å². The molecule has 31 heavy (non-hydrogen) atoms. The number of benzene rings is 2. The van der Waals surface area contributed by atoms with Crippen LogP contribution in [0.25, 0.3) is 0 Å². The van der Waals surface area contributed by atoms with Crippen molar-refractivity contribution >= 4 is 33.2 Å². The van der Waals surface area contributed by atoms with E-state index in [0.29, 0.717) is 36.5 Å². The van der Waals surface area contributed by atoms with Gasteiger partial charge in [0.15, 0.2) is 6.61 Å². The average Bonchev–Trinajstić information content (AvgIpc) is 2.79. The number of aryl methyl sites for hydroxylation is 1.